The second kappa shape index (κ2) is 10.7. The van der Waals surface area contributed by atoms with Crippen molar-refractivity contribution in [2.45, 2.75) is 12.5 Å². The van der Waals surface area contributed by atoms with Crippen molar-refractivity contribution in [2.24, 2.45) is 0 Å². The fourth-order valence-corrected chi connectivity index (χ4v) is 4.43. The van der Waals surface area contributed by atoms with E-state index >= 15 is 0 Å². The van der Waals surface area contributed by atoms with Crippen molar-refractivity contribution >= 4 is 45.2 Å². The topological polar surface area (TPSA) is 72.9 Å². The van der Waals surface area contributed by atoms with E-state index in [-0.39, 0.29) is 17.6 Å². The first kappa shape index (κ1) is 22.5. The van der Waals surface area contributed by atoms with Crippen LogP contribution < -0.4 is 10.2 Å². The molecule has 0 aromatic heterocycles. The van der Waals surface area contributed by atoms with Gasteiger partial charge in [-0.1, -0.05) is 24.3 Å². The molecule has 8 heteroatoms. The van der Waals surface area contributed by atoms with Crippen LogP contribution in [0.5, 0.6) is 5.75 Å². The summed E-state index contributed by atoms with van der Waals surface area (Å²) in [6.45, 7) is 2.37. The maximum absolute atomic E-state index is 13.2. The number of nitrogens with one attached hydrogen (secondary N) is 1. The first-order chi connectivity index (χ1) is 14.5. The Morgan fingerprint density at radius 3 is 2.43 bits per heavy atom. The van der Waals surface area contributed by atoms with Gasteiger partial charge in [0, 0.05) is 30.7 Å². The summed E-state index contributed by atoms with van der Waals surface area (Å²) in [6, 6.07) is 13.9. The number of thioether (sulfide) groups is 1. The van der Waals surface area contributed by atoms with E-state index in [1.54, 1.807) is 36.0 Å². The second-order valence-electron chi connectivity index (χ2n) is 7.09. The monoisotopic (exact) mass is 491 g/mol. The molecule has 1 fully saturated rings. The molecule has 1 heterocycles. The number of phenols is 1. The molecule has 1 atom stereocenters. The molecule has 2 aromatic rings. The summed E-state index contributed by atoms with van der Waals surface area (Å²) in [6.07, 6.45) is 2.57. The summed E-state index contributed by atoms with van der Waals surface area (Å²) in [5, 5.41) is 13.0. The van der Waals surface area contributed by atoms with Gasteiger partial charge in [-0.3, -0.25) is 9.59 Å². The minimum absolute atomic E-state index is 0.0543. The Morgan fingerprint density at radius 2 is 1.77 bits per heavy atom. The van der Waals surface area contributed by atoms with Gasteiger partial charge in [0.15, 0.2) is 0 Å². The summed E-state index contributed by atoms with van der Waals surface area (Å²) in [5.74, 6) is 0.719. The van der Waals surface area contributed by atoms with Crippen molar-refractivity contribution in [2.75, 3.05) is 43.1 Å². The third-order valence-corrected chi connectivity index (χ3v) is 6.48. The van der Waals surface area contributed by atoms with Crippen LogP contribution in [0.4, 0.5) is 5.69 Å². The molecule has 1 unspecified atom stereocenters. The molecule has 0 radical (unpaired) electrons. The summed E-state index contributed by atoms with van der Waals surface area (Å²) >= 11 is 5.05. The van der Waals surface area contributed by atoms with Crippen LogP contribution in [0.15, 0.2) is 53.0 Å². The van der Waals surface area contributed by atoms with Crippen LogP contribution in [0.2, 0.25) is 0 Å². The largest absolute Gasteiger partial charge is 0.506 e. The predicted molar refractivity (Wildman–Crippen MR) is 125 cm³/mol. The number of hydrogen-bond acceptors (Lipinski definition) is 5. The van der Waals surface area contributed by atoms with Gasteiger partial charge in [0.1, 0.15) is 11.8 Å². The van der Waals surface area contributed by atoms with Crippen molar-refractivity contribution in [3.8, 4) is 5.75 Å². The quantitative estimate of drug-likeness (QED) is 0.621. The molecular weight excluding hydrogens is 466 g/mol. The molecule has 0 saturated carbocycles. The number of carbonyl (C=O) groups excluding carboxylic acids is 2. The van der Waals surface area contributed by atoms with E-state index in [1.807, 2.05) is 35.4 Å². The number of hydrogen-bond donors (Lipinski definition) is 2. The van der Waals surface area contributed by atoms with Crippen molar-refractivity contribution in [1.29, 1.82) is 0 Å². The van der Waals surface area contributed by atoms with Crippen LogP contribution in [0.3, 0.4) is 0 Å². The van der Waals surface area contributed by atoms with Crippen molar-refractivity contribution in [3.63, 3.8) is 0 Å². The first-order valence-corrected chi connectivity index (χ1v) is 12.1. The van der Waals surface area contributed by atoms with Gasteiger partial charge >= 0.3 is 0 Å². The number of benzene rings is 2. The number of nitrogens with zero attached hydrogens (tertiary/aromatic N) is 2. The lowest BCUT2D eigenvalue weighted by Crippen LogP contribution is -2.55. The maximum Gasteiger partial charge on any atom is 0.253 e. The zero-order chi connectivity index (χ0) is 21.5. The number of halogens is 1. The number of piperazine rings is 1. The van der Waals surface area contributed by atoms with Crippen LogP contribution in [0.1, 0.15) is 16.8 Å². The molecule has 160 valence electrons. The van der Waals surface area contributed by atoms with Crippen LogP contribution in [0.25, 0.3) is 0 Å². The van der Waals surface area contributed by atoms with E-state index in [9.17, 15) is 14.7 Å². The molecular formula is C22H26BrN3O3S. The number of phenolic OH excluding ortho intramolecular Hbond substituents is 1. The highest BCUT2D eigenvalue weighted by Gasteiger charge is 2.29. The van der Waals surface area contributed by atoms with Gasteiger partial charge in [-0.05, 0) is 58.6 Å². The van der Waals surface area contributed by atoms with Gasteiger partial charge in [-0.15, -0.1) is 0 Å². The third kappa shape index (κ3) is 5.49. The Balaban J connectivity index is 1.65. The van der Waals surface area contributed by atoms with E-state index < -0.39 is 6.04 Å². The van der Waals surface area contributed by atoms with Crippen molar-refractivity contribution in [1.82, 2.24) is 10.2 Å². The van der Waals surface area contributed by atoms with Gasteiger partial charge in [-0.2, -0.15) is 11.8 Å². The molecule has 6 nitrogen and oxygen atoms in total. The lowest BCUT2D eigenvalue weighted by Gasteiger charge is -2.37. The minimum Gasteiger partial charge on any atom is -0.506 e. The van der Waals surface area contributed by atoms with Crippen molar-refractivity contribution in [3.05, 3.63) is 58.6 Å². The van der Waals surface area contributed by atoms with Gasteiger partial charge in [0.05, 0.1) is 11.3 Å². The Bertz CT molecular complexity index is 887. The third-order valence-electron chi connectivity index (χ3n) is 5.15. The van der Waals surface area contributed by atoms with E-state index in [2.05, 4.69) is 26.1 Å². The molecule has 2 amide bonds. The smallest absolute Gasteiger partial charge is 0.253 e. The predicted octanol–water partition coefficient (Wildman–Crippen LogP) is 3.36. The summed E-state index contributed by atoms with van der Waals surface area (Å²) < 4.78 is 0.704. The fourth-order valence-electron chi connectivity index (χ4n) is 3.49. The van der Waals surface area contributed by atoms with E-state index in [0.29, 0.717) is 42.6 Å². The van der Waals surface area contributed by atoms with Gasteiger partial charge in [-0.25, -0.2) is 0 Å². The summed E-state index contributed by atoms with van der Waals surface area (Å²) in [4.78, 5) is 29.8. The molecule has 2 aromatic carbocycles. The number of anilines is 1. The average molecular weight is 492 g/mol. The van der Waals surface area contributed by atoms with Crippen LogP contribution in [-0.4, -0.2) is 66.1 Å². The number of rotatable bonds is 7. The molecule has 2 N–H and O–H groups in total. The molecule has 0 spiro atoms. The van der Waals surface area contributed by atoms with Crippen LogP contribution in [-0.2, 0) is 4.79 Å². The van der Waals surface area contributed by atoms with E-state index in [4.69, 9.17) is 0 Å². The van der Waals surface area contributed by atoms with Gasteiger partial charge in [0.25, 0.3) is 5.91 Å². The Labute approximate surface area is 189 Å². The highest BCUT2D eigenvalue weighted by Crippen LogP contribution is 2.27. The van der Waals surface area contributed by atoms with Gasteiger partial charge in [0.2, 0.25) is 5.91 Å². The second-order valence-corrected chi connectivity index (χ2v) is 8.93. The molecule has 0 aliphatic carbocycles. The minimum atomic E-state index is -0.561. The molecule has 30 heavy (non-hydrogen) atoms. The number of amides is 2. The Morgan fingerprint density at radius 1 is 1.10 bits per heavy atom. The van der Waals surface area contributed by atoms with E-state index in [0.717, 1.165) is 11.4 Å². The lowest BCUT2D eigenvalue weighted by atomic mass is 10.1. The SMILES string of the molecule is CSCCC(NC(=O)c1ccccc1Br)C(=O)N1CCN(c2ccccc2O)CC1. The van der Waals surface area contributed by atoms with Crippen LogP contribution in [0, 0.1) is 0 Å². The highest BCUT2D eigenvalue weighted by atomic mass is 79.9. The number of aromatic hydroxyl groups is 1. The lowest BCUT2D eigenvalue weighted by molar-refractivity contribution is -0.133. The maximum atomic E-state index is 13.2. The zero-order valence-electron chi connectivity index (χ0n) is 16.9. The number of para-hydroxylation sites is 2. The molecule has 1 aliphatic heterocycles. The summed E-state index contributed by atoms with van der Waals surface area (Å²) in [7, 11) is 0. The van der Waals surface area contributed by atoms with Gasteiger partial charge < -0.3 is 20.2 Å². The molecule has 0 bridgehead atoms. The Hall–Kier alpha value is -2.19. The first-order valence-electron chi connectivity index (χ1n) is 9.87. The normalized spacial score (nSPS) is 15.0. The molecule has 1 saturated heterocycles. The standard InChI is InChI=1S/C22H26BrN3O3S/c1-30-15-10-18(24-21(28)16-6-2-3-7-17(16)23)22(29)26-13-11-25(12-14-26)19-8-4-5-9-20(19)27/h2-9,18,27H,10-15H2,1H3,(H,24,28). The highest BCUT2D eigenvalue weighted by molar-refractivity contribution is 9.10. The average Bonchev–Trinajstić information content (AvgIpc) is 2.77. The van der Waals surface area contributed by atoms with Crippen LogP contribution >= 0.6 is 27.7 Å². The molecule has 1 aliphatic rings. The van der Waals surface area contributed by atoms with Crippen molar-refractivity contribution < 1.29 is 14.7 Å². The Kier molecular flexibility index (Phi) is 8.04. The van der Waals surface area contributed by atoms with E-state index in [1.165, 1.54) is 0 Å². The molecule has 3 rings (SSSR count). The number of carbonyl (C=O) groups is 2. The fraction of sp³-hybridized carbons (Fsp3) is 0.364. The summed E-state index contributed by atoms with van der Waals surface area (Å²) in [5.41, 5.74) is 1.30. The zero-order valence-corrected chi connectivity index (χ0v) is 19.3.